The zero-order valence-electron chi connectivity index (χ0n) is 15.2. The Morgan fingerprint density at radius 3 is 2.64 bits per heavy atom. The van der Waals surface area contributed by atoms with Crippen LogP contribution in [0.4, 0.5) is 5.69 Å². The summed E-state index contributed by atoms with van der Waals surface area (Å²) in [4.78, 5) is 12.5. The third-order valence-corrected chi connectivity index (χ3v) is 4.14. The van der Waals surface area contributed by atoms with Crippen molar-refractivity contribution in [1.82, 2.24) is 5.32 Å². The smallest absolute Gasteiger partial charge is 0.251 e. The molecule has 5 nitrogen and oxygen atoms in total. The van der Waals surface area contributed by atoms with Crippen molar-refractivity contribution in [3.05, 3.63) is 59.2 Å². The number of carbonyl (C=O) groups is 1. The molecule has 0 saturated carbocycles. The van der Waals surface area contributed by atoms with E-state index in [1.807, 2.05) is 51.1 Å². The number of nitrogen functional groups attached to an aromatic ring is 1. The molecule has 0 bridgehead atoms. The molecule has 0 spiro atoms. The summed E-state index contributed by atoms with van der Waals surface area (Å²) < 4.78 is 11.4. The van der Waals surface area contributed by atoms with Gasteiger partial charge in [0.2, 0.25) is 0 Å². The van der Waals surface area contributed by atoms with E-state index in [9.17, 15) is 4.79 Å². The molecule has 25 heavy (non-hydrogen) atoms. The molecule has 2 aromatic carbocycles. The summed E-state index contributed by atoms with van der Waals surface area (Å²) in [5, 5.41) is 2.94. The van der Waals surface area contributed by atoms with Gasteiger partial charge < -0.3 is 20.5 Å². The molecule has 0 fully saturated rings. The number of nitrogens with one attached hydrogen (secondary N) is 1. The summed E-state index contributed by atoms with van der Waals surface area (Å²) in [5.74, 6) is 0.528. The molecule has 1 unspecified atom stereocenters. The largest absolute Gasteiger partial charge is 0.486 e. The van der Waals surface area contributed by atoms with Crippen LogP contribution in [0.25, 0.3) is 0 Å². The van der Waals surface area contributed by atoms with Gasteiger partial charge in [0.25, 0.3) is 5.91 Å². The molecular formula is C20H26N2O3. The highest BCUT2D eigenvalue weighted by molar-refractivity contribution is 5.95. The van der Waals surface area contributed by atoms with Crippen molar-refractivity contribution >= 4 is 11.6 Å². The molecule has 0 radical (unpaired) electrons. The maximum atomic E-state index is 12.5. The molecule has 134 valence electrons. The number of amides is 1. The minimum Gasteiger partial charge on any atom is -0.486 e. The number of benzene rings is 2. The highest BCUT2D eigenvalue weighted by atomic mass is 16.5. The summed E-state index contributed by atoms with van der Waals surface area (Å²) in [6.07, 6.45) is -0.527. The Kier molecular flexibility index (Phi) is 6.42. The van der Waals surface area contributed by atoms with E-state index in [0.29, 0.717) is 23.5 Å². The van der Waals surface area contributed by atoms with Crippen LogP contribution in [-0.2, 0) is 4.74 Å². The van der Waals surface area contributed by atoms with E-state index in [4.69, 9.17) is 15.2 Å². The monoisotopic (exact) mass is 342 g/mol. The minimum atomic E-state index is -0.333. The maximum Gasteiger partial charge on any atom is 0.251 e. The first kappa shape index (κ1) is 18.8. The first-order valence-electron chi connectivity index (χ1n) is 8.31. The Morgan fingerprint density at radius 1 is 1.20 bits per heavy atom. The van der Waals surface area contributed by atoms with Crippen molar-refractivity contribution in [1.29, 1.82) is 0 Å². The van der Waals surface area contributed by atoms with E-state index >= 15 is 0 Å². The van der Waals surface area contributed by atoms with Crippen molar-refractivity contribution in [3.8, 4) is 5.75 Å². The molecule has 3 N–H and O–H groups in total. The van der Waals surface area contributed by atoms with Gasteiger partial charge >= 0.3 is 0 Å². The molecule has 0 heterocycles. The minimum absolute atomic E-state index is 0.120. The van der Waals surface area contributed by atoms with Crippen LogP contribution in [0.5, 0.6) is 5.75 Å². The van der Waals surface area contributed by atoms with Gasteiger partial charge in [-0.05, 0) is 44.5 Å². The molecule has 0 aromatic heterocycles. The van der Waals surface area contributed by atoms with Gasteiger partial charge in [0.15, 0.2) is 0 Å². The highest BCUT2D eigenvalue weighted by Crippen LogP contribution is 2.18. The molecule has 2 rings (SSSR count). The lowest BCUT2D eigenvalue weighted by Crippen LogP contribution is -2.42. The number of hydrogen-bond donors (Lipinski definition) is 2. The number of carbonyl (C=O) groups excluding carboxylic acids is 1. The van der Waals surface area contributed by atoms with Crippen LogP contribution >= 0.6 is 0 Å². The molecule has 0 aliphatic rings. The highest BCUT2D eigenvalue weighted by Gasteiger charge is 2.21. The predicted octanol–water partition coefficient (Wildman–Crippen LogP) is 3.10. The van der Waals surface area contributed by atoms with Crippen LogP contribution in [0.15, 0.2) is 42.5 Å². The normalized spacial score (nSPS) is 13.1. The van der Waals surface area contributed by atoms with Gasteiger partial charge in [-0.1, -0.05) is 23.8 Å². The second kappa shape index (κ2) is 8.53. The first-order valence-corrected chi connectivity index (χ1v) is 8.31. The molecule has 2 aromatic rings. The topological polar surface area (TPSA) is 73.6 Å². The zero-order valence-corrected chi connectivity index (χ0v) is 15.2. The number of methoxy groups -OCH3 is 1. The summed E-state index contributed by atoms with van der Waals surface area (Å²) in [5.41, 5.74) is 9.08. The Bertz CT molecular complexity index is 731. The van der Waals surface area contributed by atoms with Crippen LogP contribution in [-0.4, -0.2) is 31.8 Å². The Balaban J connectivity index is 2.07. The van der Waals surface area contributed by atoms with E-state index in [2.05, 4.69) is 5.32 Å². The average Bonchev–Trinajstić information content (AvgIpc) is 2.59. The Labute approximate surface area is 149 Å². The fourth-order valence-corrected chi connectivity index (χ4v) is 2.49. The number of nitrogens with two attached hydrogens (primary N) is 1. The average molecular weight is 342 g/mol. The van der Waals surface area contributed by atoms with Gasteiger partial charge in [0.1, 0.15) is 11.9 Å². The number of hydrogen-bond acceptors (Lipinski definition) is 4. The zero-order chi connectivity index (χ0) is 18.4. The van der Waals surface area contributed by atoms with Crippen LogP contribution in [0.3, 0.4) is 0 Å². The summed E-state index contributed by atoms with van der Waals surface area (Å²) in [6.45, 7) is 6.12. The van der Waals surface area contributed by atoms with Crippen molar-refractivity contribution in [2.45, 2.75) is 33.0 Å². The quantitative estimate of drug-likeness (QED) is 0.758. The van der Waals surface area contributed by atoms with Gasteiger partial charge in [-0.15, -0.1) is 0 Å². The van der Waals surface area contributed by atoms with Crippen molar-refractivity contribution in [2.24, 2.45) is 0 Å². The van der Waals surface area contributed by atoms with Gasteiger partial charge in [-0.25, -0.2) is 0 Å². The molecule has 0 aliphatic heterocycles. The van der Waals surface area contributed by atoms with Crippen molar-refractivity contribution in [2.75, 3.05) is 19.4 Å². The molecule has 1 amide bonds. The lowest BCUT2D eigenvalue weighted by atomic mass is 10.0. The van der Waals surface area contributed by atoms with Crippen LogP contribution in [0, 0.1) is 13.8 Å². The van der Waals surface area contributed by atoms with Crippen LogP contribution < -0.4 is 15.8 Å². The summed E-state index contributed by atoms with van der Waals surface area (Å²) >= 11 is 0. The van der Waals surface area contributed by atoms with E-state index in [0.717, 1.165) is 11.1 Å². The van der Waals surface area contributed by atoms with Gasteiger partial charge in [0.05, 0.1) is 12.6 Å². The SMILES string of the molecule is COC(C)[C@@H](CNC(=O)c1cc(C)ccc1C)Oc1cccc(N)c1. The van der Waals surface area contributed by atoms with Crippen LogP contribution in [0.1, 0.15) is 28.4 Å². The molecule has 0 saturated heterocycles. The fourth-order valence-electron chi connectivity index (χ4n) is 2.49. The lowest BCUT2D eigenvalue weighted by molar-refractivity contribution is 0.0145. The Morgan fingerprint density at radius 2 is 1.96 bits per heavy atom. The van der Waals surface area contributed by atoms with E-state index in [1.165, 1.54) is 0 Å². The standard InChI is InChI=1S/C20H26N2O3/c1-13-8-9-14(2)18(10-13)20(23)22-12-19(15(3)24-4)25-17-7-5-6-16(21)11-17/h5-11,15,19H,12,21H2,1-4H3,(H,22,23)/t15?,19-/m1/s1. The summed E-state index contributed by atoms with van der Waals surface area (Å²) in [7, 11) is 1.62. The molecule has 0 aliphatic carbocycles. The third-order valence-electron chi connectivity index (χ3n) is 4.14. The van der Waals surface area contributed by atoms with Gasteiger partial charge in [0, 0.05) is 24.4 Å². The number of aryl methyl sites for hydroxylation is 2. The maximum absolute atomic E-state index is 12.5. The van der Waals surface area contributed by atoms with Crippen LogP contribution in [0.2, 0.25) is 0 Å². The van der Waals surface area contributed by atoms with Gasteiger partial charge in [-0.2, -0.15) is 0 Å². The molecule has 5 heteroatoms. The van der Waals surface area contributed by atoms with Crippen molar-refractivity contribution < 1.29 is 14.3 Å². The molecule has 2 atom stereocenters. The second-order valence-electron chi connectivity index (χ2n) is 6.20. The Hall–Kier alpha value is -2.53. The van der Waals surface area contributed by atoms with Crippen molar-refractivity contribution in [3.63, 3.8) is 0 Å². The third kappa shape index (κ3) is 5.22. The predicted molar refractivity (Wildman–Crippen MR) is 100.0 cm³/mol. The number of ether oxygens (including phenoxy) is 2. The summed E-state index contributed by atoms with van der Waals surface area (Å²) in [6, 6.07) is 13.0. The van der Waals surface area contributed by atoms with E-state index < -0.39 is 0 Å². The number of rotatable bonds is 7. The van der Waals surface area contributed by atoms with E-state index in [1.54, 1.807) is 19.2 Å². The second-order valence-corrected chi connectivity index (χ2v) is 6.20. The van der Waals surface area contributed by atoms with E-state index in [-0.39, 0.29) is 18.1 Å². The van der Waals surface area contributed by atoms with Gasteiger partial charge in [-0.3, -0.25) is 4.79 Å². The number of anilines is 1. The lowest BCUT2D eigenvalue weighted by Gasteiger charge is -2.25. The molecular weight excluding hydrogens is 316 g/mol. The first-order chi connectivity index (χ1) is 11.9. The fraction of sp³-hybridized carbons (Fsp3) is 0.350.